The molecule has 0 aliphatic rings. The zero-order valence-electron chi connectivity index (χ0n) is 13.7. The van der Waals surface area contributed by atoms with Crippen LogP contribution in [0.25, 0.3) is 11.4 Å². The zero-order chi connectivity index (χ0) is 17.5. The van der Waals surface area contributed by atoms with Crippen LogP contribution in [-0.4, -0.2) is 34.1 Å². The van der Waals surface area contributed by atoms with Crippen molar-refractivity contribution in [3.8, 4) is 11.4 Å². The van der Waals surface area contributed by atoms with Crippen LogP contribution in [0.5, 0.6) is 0 Å². The summed E-state index contributed by atoms with van der Waals surface area (Å²) >= 11 is 0. The highest BCUT2D eigenvalue weighted by Crippen LogP contribution is 2.18. The summed E-state index contributed by atoms with van der Waals surface area (Å²) in [6.07, 6.45) is 5.05. The summed E-state index contributed by atoms with van der Waals surface area (Å²) in [7, 11) is 0. The molecule has 0 aliphatic carbocycles. The van der Waals surface area contributed by atoms with Crippen molar-refractivity contribution in [2.45, 2.75) is 0 Å². The van der Waals surface area contributed by atoms with Crippen molar-refractivity contribution in [1.29, 1.82) is 0 Å². The van der Waals surface area contributed by atoms with Crippen LogP contribution in [0.15, 0.2) is 61.1 Å². The van der Waals surface area contributed by atoms with Gasteiger partial charge in [0.25, 0.3) is 5.91 Å². The maximum absolute atomic E-state index is 12.1. The minimum atomic E-state index is -0.585. The number of carbonyl (C=O) groups is 1. The summed E-state index contributed by atoms with van der Waals surface area (Å²) in [6.45, 7) is -0.574. The topological polar surface area (TPSA) is 79.8 Å². The number of pyridine rings is 1. The maximum atomic E-state index is 12.1. The first-order valence-electron chi connectivity index (χ1n) is 7.71. The number of rotatable bonds is 6. The number of benzene rings is 1. The van der Waals surface area contributed by atoms with E-state index >= 15 is 0 Å². The van der Waals surface area contributed by atoms with E-state index in [1.54, 1.807) is 48.9 Å². The fraction of sp³-hybridized carbons (Fsp3) is 0.111. The molecule has 1 amide bonds. The Morgan fingerprint density at radius 2 is 1.88 bits per heavy atom. The van der Waals surface area contributed by atoms with E-state index in [2.05, 4.69) is 25.6 Å². The number of nitrogens with zero attached hydrogens (tertiary/aromatic N) is 3. The van der Waals surface area contributed by atoms with E-state index in [0.29, 0.717) is 17.2 Å². The zero-order valence-corrected chi connectivity index (χ0v) is 14.5. The number of hydrogen-bond acceptors (Lipinski definition) is 5. The molecule has 0 spiro atoms. The van der Waals surface area contributed by atoms with Gasteiger partial charge < -0.3 is 10.6 Å². The van der Waals surface area contributed by atoms with Crippen molar-refractivity contribution in [1.82, 2.24) is 20.3 Å². The van der Waals surface area contributed by atoms with Crippen molar-refractivity contribution >= 4 is 29.8 Å². The average molecular weight is 374 g/mol. The number of alkyl halides is 1. The van der Waals surface area contributed by atoms with E-state index in [1.807, 2.05) is 12.1 Å². The molecule has 0 aliphatic heterocycles. The highest BCUT2D eigenvalue weighted by molar-refractivity contribution is 5.94. The van der Waals surface area contributed by atoms with E-state index in [9.17, 15) is 9.18 Å². The number of hydrogen-bond donors (Lipinski definition) is 2. The molecule has 2 N–H and O–H groups in total. The lowest BCUT2D eigenvalue weighted by Crippen LogP contribution is -2.25. The molecule has 0 radical (unpaired) electrons. The lowest BCUT2D eigenvalue weighted by Gasteiger charge is -2.08. The predicted octanol–water partition coefficient (Wildman–Crippen LogP) is 3.40. The Balaban J connectivity index is 0.00000243. The van der Waals surface area contributed by atoms with Gasteiger partial charge in [-0.05, 0) is 42.5 Å². The summed E-state index contributed by atoms with van der Waals surface area (Å²) in [5, 5.41) is 5.64. The van der Waals surface area contributed by atoms with Crippen molar-refractivity contribution < 1.29 is 9.18 Å². The van der Waals surface area contributed by atoms with E-state index in [0.717, 1.165) is 11.3 Å². The van der Waals surface area contributed by atoms with Gasteiger partial charge in [0.15, 0.2) is 5.82 Å². The first-order chi connectivity index (χ1) is 12.3. The lowest BCUT2D eigenvalue weighted by atomic mass is 10.2. The molecule has 8 heteroatoms. The van der Waals surface area contributed by atoms with Crippen LogP contribution in [0.1, 0.15) is 10.4 Å². The summed E-state index contributed by atoms with van der Waals surface area (Å²) in [6, 6.07) is 12.3. The van der Waals surface area contributed by atoms with Gasteiger partial charge in [-0.15, -0.1) is 12.4 Å². The predicted molar refractivity (Wildman–Crippen MR) is 101 cm³/mol. The minimum Gasteiger partial charge on any atom is -0.349 e. The van der Waals surface area contributed by atoms with Gasteiger partial charge in [0, 0.05) is 41.9 Å². The van der Waals surface area contributed by atoms with E-state index in [-0.39, 0.29) is 24.9 Å². The minimum absolute atomic E-state index is 0. The molecule has 2 aromatic heterocycles. The molecule has 0 saturated heterocycles. The molecule has 0 bridgehead atoms. The third-order valence-electron chi connectivity index (χ3n) is 3.37. The summed E-state index contributed by atoms with van der Waals surface area (Å²) in [5.41, 5.74) is 2.07. The first kappa shape index (κ1) is 19.3. The SMILES string of the molecule is Cl.O=C(NCCF)c1ccc(Nc2ccnc(-c3cccnc3)n2)cc1. The first-order valence-corrected chi connectivity index (χ1v) is 7.71. The van der Waals surface area contributed by atoms with Gasteiger partial charge in [0.05, 0.1) is 0 Å². The highest BCUT2D eigenvalue weighted by Gasteiger charge is 2.06. The van der Waals surface area contributed by atoms with Crippen molar-refractivity contribution in [3.05, 3.63) is 66.6 Å². The molecule has 0 unspecified atom stereocenters. The number of halogens is 2. The van der Waals surface area contributed by atoms with Crippen molar-refractivity contribution in [3.63, 3.8) is 0 Å². The number of aromatic nitrogens is 3. The van der Waals surface area contributed by atoms with Crippen LogP contribution in [0, 0.1) is 0 Å². The number of anilines is 2. The summed E-state index contributed by atoms with van der Waals surface area (Å²) < 4.78 is 12.1. The highest BCUT2D eigenvalue weighted by atomic mass is 35.5. The van der Waals surface area contributed by atoms with Gasteiger partial charge in [-0.2, -0.15) is 0 Å². The molecule has 3 rings (SSSR count). The maximum Gasteiger partial charge on any atom is 0.251 e. The Labute approximate surface area is 156 Å². The van der Waals surface area contributed by atoms with E-state index in [4.69, 9.17) is 0 Å². The fourth-order valence-corrected chi connectivity index (χ4v) is 2.18. The van der Waals surface area contributed by atoms with Crippen molar-refractivity contribution in [2.75, 3.05) is 18.5 Å². The van der Waals surface area contributed by atoms with Crippen LogP contribution in [-0.2, 0) is 0 Å². The van der Waals surface area contributed by atoms with Crippen LogP contribution in [0.3, 0.4) is 0 Å². The Morgan fingerprint density at radius 3 is 2.58 bits per heavy atom. The van der Waals surface area contributed by atoms with Gasteiger partial charge >= 0.3 is 0 Å². The number of nitrogens with one attached hydrogen (secondary N) is 2. The molecule has 26 heavy (non-hydrogen) atoms. The molecule has 6 nitrogen and oxygen atoms in total. The van der Waals surface area contributed by atoms with Crippen LogP contribution in [0.4, 0.5) is 15.9 Å². The van der Waals surface area contributed by atoms with Crippen LogP contribution in [0.2, 0.25) is 0 Å². The molecule has 0 atom stereocenters. The molecule has 2 heterocycles. The molecule has 0 fully saturated rings. The third-order valence-corrected chi connectivity index (χ3v) is 3.37. The largest absolute Gasteiger partial charge is 0.349 e. The van der Waals surface area contributed by atoms with Crippen LogP contribution >= 0.6 is 12.4 Å². The lowest BCUT2D eigenvalue weighted by molar-refractivity contribution is 0.0951. The van der Waals surface area contributed by atoms with Gasteiger partial charge in [-0.1, -0.05) is 0 Å². The summed E-state index contributed by atoms with van der Waals surface area (Å²) in [4.78, 5) is 24.5. The molecule has 134 valence electrons. The second-order valence-corrected chi connectivity index (χ2v) is 5.15. The van der Waals surface area contributed by atoms with Gasteiger partial charge in [-0.25, -0.2) is 14.4 Å². The Bertz CT molecular complexity index is 846. The van der Waals surface area contributed by atoms with Gasteiger partial charge in [0.2, 0.25) is 0 Å². The Kier molecular flexibility index (Phi) is 6.99. The molecule has 3 aromatic rings. The van der Waals surface area contributed by atoms with Crippen LogP contribution < -0.4 is 10.6 Å². The Morgan fingerprint density at radius 1 is 1.08 bits per heavy atom. The molecular weight excluding hydrogens is 357 g/mol. The standard InChI is InChI=1S/C18H16FN5O.ClH/c19-8-11-22-18(25)13-3-5-15(6-4-13)23-16-7-10-21-17(24-16)14-2-1-9-20-12-14;/h1-7,9-10,12H,8,11H2,(H,22,25)(H,21,23,24);1H. The van der Waals surface area contributed by atoms with E-state index < -0.39 is 6.67 Å². The molecular formula is C18H17ClFN5O. The average Bonchev–Trinajstić information content (AvgIpc) is 2.67. The van der Waals surface area contributed by atoms with Gasteiger partial charge in [0.1, 0.15) is 12.5 Å². The number of carbonyl (C=O) groups excluding carboxylic acids is 1. The fourth-order valence-electron chi connectivity index (χ4n) is 2.18. The van der Waals surface area contributed by atoms with Crippen molar-refractivity contribution in [2.24, 2.45) is 0 Å². The quantitative estimate of drug-likeness (QED) is 0.692. The Hall–Kier alpha value is -3.06. The molecule has 0 saturated carbocycles. The number of amides is 1. The molecule has 1 aromatic carbocycles. The monoisotopic (exact) mass is 373 g/mol. The second kappa shape index (κ2) is 9.43. The third kappa shape index (κ3) is 4.97. The summed E-state index contributed by atoms with van der Waals surface area (Å²) in [5.74, 6) is 0.897. The second-order valence-electron chi connectivity index (χ2n) is 5.15. The van der Waals surface area contributed by atoms with E-state index in [1.165, 1.54) is 0 Å². The van der Waals surface area contributed by atoms with Gasteiger partial charge in [-0.3, -0.25) is 9.78 Å². The normalized spacial score (nSPS) is 9.88. The smallest absolute Gasteiger partial charge is 0.251 e.